The SMILES string of the molecule is C[C@@H](Sc1ccc(C(C)(C)C)cc1)C(=O)Nc1cccnc1Cl. The molecule has 1 amide bonds. The Morgan fingerprint density at radius 2 is 1.87 bits per heavy atom. The molecule has 0 spiro atoms. The number of carbonyl (C=O) groups is 1. The molecule has 0 aliphatic heterocycles. The largest absolute Gasteiger partial charge is 0.322 e. The van der Waals surface area contributed by atoms with Crippen molar-refractivity contribution >= 4 is 35.0 Å². The van der Waals surface area contributed by atoms with Gasteiger partial charge in [-0.2, -0.15) is 0 Å². The third-order valence-corrected chi connectivity index (χ3v) is 4.83. The van der Waals surface area contributed by atoms with Crippen LogP contribution in [-0.4, -0.2) is 16.1 Å². The first-order valence-corrected chi connectivity index (χ1v) is 8.72. The lowest BCUT2D eigenvalue weighted by atomic mass is 9.87. The highest BCUT2D eigenvalue weighted by atomic mass is 35.5. The summed E-state index contributed by atoms with van der Waals surface area (Å²) in [5, 5.41) is 2.88. The van der Waals surface area contributed by atoms with E-state index in [-0.39, 0.29) is 16.6 Å². The van der Waals surface area contributed by atoms with Crippen molar-refractivity contribution in [1.82, 2.24) is 4.98 Å². The van der Waals surface area contributed by atoms with E-state index in [4.69, 9.17) is 11.6 Å². The van der Waals surface area contributed by atoms with E-state index in [9.17, 15) is 4.79 Å². The van der Waals surface area contributed by atoms with Crippen LogP contribution in [0.25, 0.3) is 0 Å². The summed E-state index contributed by atoms with van der Waals surface area (Å²) in [5.74, 6) is -0.0928. The Hall–Kier alpha value is -1.52. The average Bonchev–Trinajstić information content (AvgIpc) is 2.49. The molecule has 0 saturated carbocycles. The van der Waals surface area contributed by atoms with Crippen LogP contribution in [0.1, 0.15) is 33.3 Å². The molecule has 0 bridgehead atoms. The molecule has 2 rings (SSSR count). The molecule has 0 saturated heterocycles. The quantitative estimate of drug-likeness (QED) is 0.613. The normalized spacial score (nSPS) is 12.7. The Morgan fingerprint density at radius 1 is 1.22 bits per heavy atom. The van der Waals surface area contributed by atoms with Crippen molar-refractivity contribution in [3.05, 3.63) is 53.3 Å². The van der Waals surface area contributed by atoms with Crippen LogP contribution in [0.5, 0.6) is 0 Å². The number of benzene rings is 1. The van der Waals surface area contributed by atoms with Crippen molar-refractivity contribution < 1.29 is 4.79 Å². The van der Waals surface area contributed by atoms with Gasteiger partial charge in [0, 0.05) is 11.1 Å². The summed E-state index contributed by atoms with van der Waals surface area (Å²) in [6.45, 7) is 8.43. The molecular weight excluding hydrogens is 328 g/mol. The zero-order chi connectivity index (χ0) is 17.0. The first-order chi connectivity index (χ1) is 10.8. The highest BCUT2D eigenvalue weighted by Crippen LogP contribution is 2.28. The molecule has 0 aliphatic rings. The van der Waals surface area contributed by atoms with Crippen LogP contribution in [0.15, 0.2) is 47.5 Å². The molecule has 1 N–H and O–H groups in total. The molecule has 0 aliphatic carbocycles. The Kier molecular flexibility index (Phi) is 5.71. The number of halogens is 1. The predicted molar refractivity (Wildman–Crippen MR) is 98.3 cm³/mol. The van der Waals surface area contributed by atoms with Crippen molar-refractivity contribution in [2.75, 3.05) is 5.32 Å². The fourth-order valence-corrected chi connectivity index (χ4v) is 3.04. The second kappa shape index (κ2) is 7.37. The van der Waals surface area contributed by atoms with E-state index in [0.717, 1.165) is 4.90 Å². The number of thioether (sulfide) groups is 1. The van der Waals surface area contributed by atoms with E-state index < -0.39 is 0 Å². The smallest absolute Gasteiger partial charge is 0.237 e. The molecule has 0 fully saturated rings. The van der Waals surface area contributed by atoms with Gasteiger partial charge in [-0.05, 0) is 42.2 Å². The fourth-order valence-electron chi connectivity index (χ4n) is 2.00. The first kappa shape index (κ1) is 17.8. The Balaban J connectivity index is 2.00. The summed E-state index contributed by atoms with van der Waals surface area (Å²) in [6, 6.07) is 11.8. The lowest BCUT2D eigenvalue weighted by Gasteiger charge is -2.19. The monoisotopic (exact) mass is 348 g/mol. The fraction of sp³-hybridized carbons (Fsp3) is 0.333. The van der Waals surface area contributed by atoms with E-state index in [0.29, 0.717) is 10.8 Å². The van der Waals surface area contributed by atoms with Gasteiger partial charge in [-0.15, -0.1) is 11.8 Å². The van der Waals surface area contributed by atoms with Crippen LogP contribution in [0.4, 0.5) is 5.69 Å². The molecule has 3 nitrogen and oxygen atoms in total. The van der Waals surface area contributed by atoms with Gasteiger partial charge in [-0.25, -0.2) is 4.98 Å². The number of amides is 1. The lowest BCUT2D eigenvalue weighted by Crippen LogP contribution is -2.22. The molecule has 1 aromatic carbocycles. The number of nitrogens with one attached hydrogen (secondary N) is 1. The zero-order valence-corrected chi connectivity index (χ0v) is 15.3. The molecule has 2 aromatic rings. The van der Waals surface area contributed by atoms with Crippen molar-refractivity contribution in [2.45, 2.75) is 43.3 Å². The average molecular weight is 349 g/mol. The van der Waals surface area contributed by atoms with Gasteiger partial charge < -0.3 is 5.32 Å². The van der Waals surface area contributed by atoms with Crippen molar-refractivity contribution in [2.24, 2.45) is 0 Å². The number of aromatic nitrogens is 1. The van der Waals surface area contributed by atoms with Gasteiger partial charge in [-0.1, -0.05) is 44.5 Å². The molecule has 122 valence electrons. The van der Waals surface area contributed by atoms with E-state index in [2.05, 4.69) is 55.3 Å². The van der Waals surface area contributed by atoms with Crippen LogP contribution in [-0.2, 0) is 10.2 Å². The molecule has 5 heteroatoms. The number of pyridine rings is 1. The maximum atomic E-state index is 12.3. The Bertz CT molecular complexity index is 680. The number of anilines is 1. The van der Waals surface area contributed by atoms with Gasteiger partial charge >= 0.3 is 0 Å². The molecule has 1 atom stereocenters. The Morgan fingerprint density at radius 3 is 2.43 bits per heavy atom. The summed E-state index contributed by atoms with van der Waals surface area (Å²) in [7, 11) is 0. The Labute approximate surface area is 146 Å². The summed E-state index contributed by atoms with van der Waals surface area (Å²) < 4.78 is 0. The number of nitrogens with zero attached hydrogens (tertiary/aromatic N) is 1. The number of hydrogen-bond acceptors (Lipinski definition) is 3. The molecule has 23 heavy (non-hydrogen) atoms. The maximum absolute atomic E-state index is 12.3. The molecule has 0 radical (unpaired) electrons. The van der Waals surface area contributed by atoms with Gasteiger partial charge in [0.1, 0.15) is 0 Å². The highest BCUT2D eigenvalue weighted by molar-refractivity contribution is 8.00. The van der Waals surface area contributed by atoms with Crippen molar-refractivity contribution in [3.63, 3.8) is 0 Å². The van der Waals surface area contributed by atoms with E-state index in [1.807, 2.05) is 6.92 Å². The number of carbonyl (C=O) groups excluding carboxylic acids is 1. The summed E-state index contributed by atoms with van der Waals surface area (Å²) >= 11 is 7.48. The minimum absolute atomic E-state index is 0.0928. The first-order valence-electron chi connectivity index (χ1n) is 7.46. The van der Waals surface area contributed by atoms with Gasteiger partial charge in [0.15, 0.2) is 5.15 Å². The topological polar surface area (TPSA) is 42.0 Å². The van der Waals surface area contributed by atoms with Crippen molar-refractivity contribution in [1.29, 1.82) is 0 Å². The second-order valence-corrected chi connectivity index (χ2v) is 8.14. The number of rotatable bonds is 4. The van der Waals surface area contributed by atoms with E-state index in [1.54, 1.807) is 18.3 Å². The zero-order valence-electron chi connectivity index (χ0n) is 13.8. The van der Waals surface area contributed by atoms with E-state index in [1.165, 1.54) is 17.3 Å². The van der Waals surface area contributed by atoms with Gasteiger partial charge in [-0.3, -0.25) is 4.79 Å². The van der Waals surface area contributed by atoms with Crippen LogP contribution < -0.4 is 5.32 Å². The van der Waals surface area contributed by atoms with Gasteiger partial charge in [0.2, 0.25) is 5.91 Å². The molecule has 0 unspecified atom stereocenters. The molecule has 1 heterocycles. The van der Waals surface area contributed by atoms with Crippen LogP contribution in [0.3, 0.4) is 0 Å². The molecular formula is C18H21ClN2OS. The minimum atomic E-state index is -0.230. The maximum Gasteiger partial charge on any atom is 0.237 e. The third kappa shape index (κ3) is 4.98. The predicted octanol–water partition coefficient (Wildman–Crippen LogP) is 5.15. The minimum Gasteiger partial charge on any atom is -0.322 e. The third-order valence-electron chi connectivity index (χ3n) is 3.42. The highest BCUT2D eigenvalue weighted by Gasteiger charge is 2.17. The van der Waals surface area contributed by atoms with Crippen LogP contribution in [0.2, 0.25) is 5.15 Å². The molecule has 1 aromatic heterocycles. The summed E-state index contributed by atoms with van der Waals surface area (Å²) in [5.41, 5.74) is 1.94. The van der Waals surface area contributed by atoms with E-state index >= 15 is 0 Å². The standard InChI is InChI=1S/C18H21ClN2OS/c1-12(17(22)21-15-6-5-11-20-16(15)19)23-14-9-7-13(8-10-14)18(2,3)4/h5-12H,1-4H3,(H,21,22)/t12-/m1/s1. The van der Waals surface area contributed by atoms with Crippen molar-refractivity contribution in [3.8, 4) is 0 Å². The summed E-state index contributed by atoms with van der Waals surface area (Å²) in [6.07, 6.45) is 1.59. The van der Waals surface area contributed by atoms with Crippen LogP contribution in [0, 0.1) is 0 Å². The second-order valence-electron chi connectivity index (χ2n) is 6.37. The van der Waals surface area contributed by atoms with Gasteiger partial charge in [0.25, 0.3) is 0 Å². The summed E-state index contributed by atoms with van der Waals surface area (Å²) in [4.78, 5) is 17.3. The number of hydrogen-bond donors (Lipinski definition) is 1. The van der Waals surface area contributed by atoms with Crippen LogP contribution >= 0.6 is 23.4 Å². The van der Waals surface area contributed by atoms with Gasteiger partial charge in [0.05, 0.1) is 10.9 Å². The lowest BCUT2D eigenvalue weighted by molar-refractivity contribution is -0.115.